The number of para-hydroxylation sites is 2. The molecule has 0 bridgehead atoms. The molecule has 1 heterocycles. The number of carbonyl (C=O) groups excluding carboxylic acids is 1. The molecule has 0 aromatic heterocycles. The summed E-state index contributed by atoms with van der Waals surface area (Å²) in [5, 5.41) is 2.93. The van der Waals surface area contributed by atoms with E-state index >= 15 is 0 Å². The third-order valence-corrected chi connectivity index (χ3v) is 4.72. The van der Waals surface area contributed by atoms with Gasteiger partial charge in [-0.1, -0.05) is 51.0 Å². The lowest BCUT2D eigenvalue weighted by molar-refractivity contribution is -0.125. The van der Waals surface area contributed by atoms with Crippen LogP contribution in [0.4, 0.5) is 5.69 Å². The van der Waals surface area contributed by atoms with Crippen LogP contribution in [0.2, 0.25) is 0 Å². The first-order valence-electron chi connectivity index (χ1n) is 9.50. The van der Waals surface area contributed by atoms with E-state index in [-0.39, 0.29) is 12.5 Å². The van der Waals surface area contributed by atoms with Gasteiger partial charge in [-0.05, 0) is 48.6 Å². The molecule has 1 aliphatic heterocycles. The van der Waals surface area contributed by atoms with E-state index in [4.69, 9.17) is 9.47 Å². The van der Waals surface area contributed by atoms with Crippen LogP contribution in [-0.2, 0) is 4.79 Å². The van der Waals surface area contributed by atoms with E-state index in [9.17, 15) is 4.79 Å². The maximum atomic E-state index is 12.5. The van der Waals surface area contributed by atoms with Crippen molar-refractivity contribution in [3.8, 4) is 11.5 Å². The fourth-order valence-corrected chi connectivity index (χ4v) is 3.38. The van der Waals surface area contributed by atoms with Gasteiger partial charge in [0.2, 0.25) is 6.10 Å². The maximum Gasteiger partial charge on any atom is 0.269 e. The SMILES string of the molecule is CCCC(CCC)c1ccc(NC(=O)C2COc3ccccc3O2)cc1. The Kier molecular flexibility index (Phi) is 6.16. The van der Waals surface area contributed by atoms with E-state index in [0.717, 1.165) is 5.69 Å². The Morgan fingerprint density at radius 2 is 1.69 bits per heavy atom. The highest BCUT2D eigenvalue weighted by Crippen LogP contribution is 2.31. The van der Waals surface area contributed by atoms with Gasteiger partial charge in [-0.2, -0.15) is 0 Å². The molecule has 1 amide bonds. The summed E-state index contributed by atoms with van der Waals surface area (Å²) >= 11 is 0. The molecular weight excluding hydrogens is 326 g/mol. The smallest absolute Gasteiger partial charge is 0.269 e. The number of hydrogen-bond acceptors (Lipinski definition) is 3. The van der Waals surface area contributed by atoms with Crippen molar-refractivity contribution in [2.75, 3.05) is 11.9 Å². The Hall–Kier alpha value is -2.49. The first-order valence-corrected chi connectivity index (χ1v) is 9.50. The van der Waals surface area contributed by atoms with Crippen LogP contribution in [0.25, 0.3) is 0 Å². The minimum Gasteiger partial charge on any atom is -0.485 e. The van der Waals surface area contributed by atoms with Gasteiger partial charge in [0.05, 0.1) is 0 Å². The molecule has 1 N–H and O–H groups in total. The molecule has 1 unspecified atom stereocenters. The molecular formula is C22H27NO3. The van der Waals surface area contributed by atoms with Crippen molar-refractivity contribution in [1.29, 1.82) is 0 Å². The van der Waals surface area contributed by atoms with Gasteiger partial charge < -0.3 is 14.8 Å². The van der Waals surface area contributed by atoms with Crippen molar-refractivity contribution in [2.24, 2.45) is 0 Å². The molecule has 0 saturated heterocycles. The second-order valence-corrected chi connectivity index (χ2v) is 6.75. The summed E-state index contributed by atoms with van der Waals surface area (Å²) in [6.07, 6.45) is 4.13. The lowest BCUT2D eigenvalue weighted by Crippen LogP contribution is -2.40. The van der Waals surface area contributed by atoms with Crippen LogP contribution in [0, 0.1) is 0 Å². The second kappa shape index (κ2) is 8.75. The Bertz CT molecular complexity index is 720. The van der Waals surface area contributed by atoms with Crippen LogP contribution in [0.5, 0.6) is 11.5 Å². The van der Waals surface area contributed by atoms with Crippen LogP contribution in [-0.4, -0.2) is 18.6 Å². The van der Waals surface area contributed by atoms with E-state index in [1.54, 1.807) is 0 Å². The van der Waals surface area contributed by atoms with Crippen molar-refractivity contribution < 1.29 is 14.3 Å². The summed E-state index contributed by atoms with van der Waals surface area (Å²) in [5.74, 6) is 1.70. The summed E-state index contributed by atoms with van der Waals surface area (Å²) in [4.78, 5) is 12.5. The summed E-state index contributed by atoms with van der Waals surface area (Å²) in [6.45, 7) is 4.67. The van der Waals surface area contributed by atoms with Gasteiger partial charge in [0.15, 0.2) is 11.5 Å². The van der Waals surface area contributed by atoms with Gasteiger partial charge in [0.25, 0.3) is 5.91 Å². The largest absolute Gasteiger partial charge is 0.485 e. The summed E-state index contributed by atoms with van der Waals surface area (Å²) < 4.78 is 11.4. The van der Waals surface area contributed by atoms with Gasteiger partial charge in [0.1, 0.15) is 6.61 Å². The highest BCUT2D eigenvalue weighted by molar-refractivity contribution is 5.94. The molecule has 26 heavy (non-hydrogen) atoms. The van der Waals surface area contributed by atoms with Crippen molar-refractivity contribution in [3.63, 3.8) is 0 Å². The van der Waals surface area contributed by atoms with Gasteiger partial charge in [0, 0.05) is 5.69 Å². The number of amides is 1. The van der Waals surface area contributed by atoms with E-state index in [0.29, 0.717) is 17.4 Å². The number of hydrogen-bond donors (Lipinski definition) is 1. The predicted octanol–water partition coefficient (Wildman–Crippen LogP) is 5.15. The molecule has 0 saturated carbocycles. The first-order chi connectivity index (χ1) is 12.7. The van der Waals surface area contributed by atoms with Crippen molar-refractivity contribution in [3.05, 3.63) is 54.1 Å². The van der Waals surface area contributed by atoms with Gasteiger partial charge in [-0.3, -0.25) is 4.79 Å². The zero-order valence-corrected chi connectivity index (χ0v) is 15.5. The Morgan fingerprint density at radius 3 is 2.35 bits per heavy atom. The lowest BCUT2D eigenvalue weighted by Gasteiger charge is -2.25. The van der Waals surface area contributed by atoms with Crippen LogP contribution in [0.3, 0.4) is 0 Å². The molecule has 0 radical (unpaired) electrons. The number of anilines is 1. The summed E-state index contributed by atoms with van der Waals surface area (Å²) in [5.41, 5.74) is 2.13. The summed E-state index contributed by atoms with van der Waals surface area (Å²) in [7, 11) is 0. The first kappa shape index (κ1) is 18.3. The number of carbonyl (C=O) groups is 1. The van der Waals surface area contributed by atoms with Gasteiger partial charge in [-0.25, -0.2) is 0 Å². The highest BCUT2D eigenvalue weighted by Gasteiger charge is 2.27. The van der Waals surface area contributed by atoms with Crippen LogP contribution in [0.1, 0.15) is 51.0 Å². The zero-order valence-electron chi connectivity index (χ0n) is 15.5. The Labute approximate surface area is 155 Å². The quantitative estimate of drug-likeness (QED) is 0.749. The predicted molar refractivity (Wildman–Crippen MR) is 104 cm³/mol. The standard InChI is InChI=1S/C22H27NO3/c1-3-7-16(8-4-2)17-11-13-18(14-12-17)23-22(24)21-15-25-19-9-5-6-10-20(19)26-21/h5-6,9-14,16,21H,3-4,7-8,15H2,1-2H3,(H,23,24). The number of ether oxygens (including phenoxy) is 2. The van der Waals surface area contributed by atoms with Gasteiger partial charge in [-0.15, -0.1) is 0 Å². The molecule has 4 heteroatoms. The molecule has 138 valence electrons. The summed E-state index contributed by atoms with van der Waals surface area (Å²) in [6, 6.07) is 15.6. The minimum absolute atomic E-state index is 0.189. The minimum atomic E-state index is -0.641. The Balaban J connectivity index is 1.61. The molecule has 0 aliphatic carbocycles. The molecule has 4 nitrogen and oxygen atoms in total. The number of fused-ring (bicyclic) bond motifs is 1. The average molecular weight is 353 g/mol. The molecule has 0 spiro atoms. The van der Waals surface area contributed by atoms with Crippen LogP contribution < -0.4 is 14.8 Å². The third kappa shape index (κ3) is 4.37. The van der Waals surface area contributed by atoms with E-state index in [2.05, 4.69) is 31.3 Å². The number of nitrogens with one attached hydrogen (secondary N) is 1. The molecule has 1 aliphatic rings. The Morgan fingerprint density at radius 1 is 1.04 bits per heavy atom. The fraction of sp³-hybridized carbons (Fsp3) is 0.409. The fourth-order valence-electron chi connectivity index (χ4n) is 3.38. The zero-order chi connectivity index (χ0) is 18.4. The second-order valence-electron chi connectivity index (χ2n) is 6.75. The topological polar surface area (TPSA) is 47.6 Å². The van der Waals surface area contributed by atoms with Crippen LogP contribution in [0.15, 0.2) is 48.5 Å². The third-order valence-electron chi connectivity index (χ3n) is 4.72. The normalized spacial score (nSPS) is 15.7. The highest BCUT2D eigenvalue weighted by atomic mass is 16.6. The molecule has 2 aromatic carbocycles. The lowest BCUT2D eigenvalue weighted by atomic mass is 9.90. The van der Waals surface area contributed by atoms with Crippen molar-refractivity contribution >= 4 is 11.6 Å². The van der Waals surface area contributed by atoms with Crippen molar-refractivity contribution in [2.45, 2.75) is 51.6 Å². The molecule has 0 fully saturated rings. The van der Waals surface area contributed by atoms with Gasteiger partial charge >= 0.3 is 0 Å². The van der Waals surface area contributed by atoms with E-state index in [1.165, 1.54) is 31.2 Å². The average Bonchev–Trinajstić information content (AvgIpc) is 2.68. The molecule has 2 aromatic rings. The molecule has 3 rings (SSSR count). The molecule has 1 atom stereocenters. The number of rotatable bonds is 7. The van der Waals surface area contributed by atoms with E-state index in [1.807, 2.05) is 36.4 Å². The number of benzene rings is 2. The monoisotopic (exact) mass is 353 g/mol. The maximum absolute atomic E-state index is 12.5. The van der Waals surface area contributed by atoms with Crippen LogP contribution >= 0.6 is 0 Å². The van der Waals surface area contributed by atoms with E-state index < -0.39 is 6.10 Å². The van der Waals surface area contributed by atoms with Crippen molar-refractivity contribution in [1.82, 2.24) is 0 Å².